The van der Waals surface area contributed by atoms with Gasteiger partial charge in [0.05, 0.1) is 12.8 Å². The molecule has 0 bridgehead atoms. The highest BCUT2D eigenvalue weighted by Gasteiger charge is 2.02. The molecule has 4 heteroatoms. The fourth-order valence-corrected chi connectivity index (χ4v) is 2.55. The van der Waals surface area contributed by atoms with E-state index in [4.69, 9.17) is 10.5 Å². The number of methoxy groups -OCH3 is 1. The summed E-state index contributed by atoms with van der Waals surface area (Å²) in [5.41, 5.74) is 6.53. The van der Waals surface area contributed by atoms with Crippen LogP contribution in [-0.4, -0.2) is 7.11 Å². The summed E-state index contributed by atoms with van der Waals surface area (Å²) in [5.74, 6) is 0.713. The molecule has 2 rings (SSSR count). The molecule has 2 aromatic rings. The quantitative estimate of drug-likeness (QED) is 0.863. The highest BCUT2D eigenvalue weighted by molar-refractivity contribution is 9.10. The van der Waals surface area contributed by atoms with Gasteiger partial charge in [-0.1, -0.05) is 27.7 Å². The summed E-state index contributed by atoms with van der Waals surface area (Å²) < 4.78 is 6.21. The minimum Gasteiger partial charge on any atom is -0.495 e. The first-order chi connectivity index (χ1) is 8.19. The molecular weight excluding hydrogens is 298 g/mol. The van der Waals surface area contributed by atoms with Gasteiger partial charge in [-0.3, -0.25) is 0 Å². The summed E-state index contributed by atoms with van der Waals surface area (Å²) in [4.78, 5) is 2.28. The van der Waals surface area contributed by atoms with E-state index in [9.17, 15) is 0 Å². The molecule has 0 radical (unpaired) electrons. The summed E-state index contributed by atoms with van der Waals surface area (Å²) in [6.45, 7) is 0. The fourth-order valence-electron chi connectivity index (χ4n) is 1.41. The minimum absolute atomic E-state index is 0.662. The molecule has 2 aromatic carbocycles. The number of ether oxygens (including phenoxy) is 1. The smallest absolute Gasteiger partial charge is 0.141 e. The zero-order valence-corrected chi connectivity index (χ0v) is 11.7. The maximum Gasteiger partial charge on any atom is 0.141 e. The lowest BCUT2D eigenvalue weighted by molar-refractivity contribution is 0.416. The van der Waals surface area contributed by atoms with Crippen LogP contribution in [0.25, 0.3) is 0 Å². The predicted molar refractivity (Wildman–Crippen MR) is 75.7 cm³/mol. The van der Waals surface area contributed by atoms with Crippen LogP contribution in [0, 0.1) is 0 Å². The second-order valence-corrected chi connectivity index (χ2v) is 5.52. The number of hydrogen-bond acceptors (Lipinski definition) is 3. The summed E-state index contributed by atoms with van der Waals surface area (Å²) >= 11 is 5.09. The topological polar surface area (TPSA) is 35.2 Å². The number of nitrogen functional groups attached to an aromatic ring is 1. The van der Waals surface area contributed by atoms with Gasteiger partial charge in [-0.2, -0.15) is 0 Å². The predicted octanol–water partition coefficient (Wildman–Crippen LogP) is 4.19. The Bertz CT molecular complexity index is 513. The Morgan fingerprint density at radius 3 is 2.29 bits per heavy atom. The van der Waals surface area contributed by atoms with Gasteiger partial charge in [-0.05, 0) is 42.5 Å². The Morgan fingerprint density at radius 1 is 1.06 bits per heavy atom. The Balaban J connectivity index is 2.19. The first kappa shape index (κ1) is 12.3. The Hall–Kier alpha value is -1.13. The van der Waals surface area contributed by atoms with Crippen LogP contribution in [0.5, 0.6) is 5.75 Å². The van der Waals surface area contributed by atoms with Crippen molar-refractivity contribution in [2.75, 3.05) is 12.8 Å². The zero-order valence-electron chi connectivity index (χ0n) is 9.31. The second-order valence-electron chi connectivity index (χ2n) is 3.46. The standard InChI is InChI=1S/C13H12BrNOS/c1-16-13-7-6-11(8-12(13)15)17-10-4-2-9(14)3-5-10/h2-8H,15H2,1H3. The van der Waals surface area contributed by atoms with Crippen LogP contribution >= 0.6 is 27.7 Å². The minimum atomic E-state index is 0.662. The van der Waals surface area contributed by atoms with E-state index in [2.05, 4.69) is 28.1 Å². The number of benzene rings is 2. The van der Waals surface area contributed by atoms with Crippen LogP contribution < -0.4 is 10.5 Å². The van der Waals surface area contributed by atoms with E-state index in [-0.39, 0.29) is 0 Å². The highest BCUT2D eigenvalue weighted by atomic mass is 79.9. The average molecular weight is 310 g/mol. The van der Waals surface area contributed by atoms with Gasteiger partial charge in [-0.15, -0.1) is 0 Å². The highest BCUT2D eigenvalue weighted by Crippen LogP contribution is 2.32. The first-order valence-corrected chi connectivity index (χ1v) is 6.67. The number of nitrogens with two attached hydrogens (primary N) is 1. The second kappa shape index (κ2) is 5.47. The molecule has 0 fully saturated rings. The van der Waals surface area contributed by atoms with Crippen LogP contribution in [0.4, 0.5) is 5.69 Å². The van der Waals surface area contributed by atoms with Gasteiger partial charge < -0.3 is 10.5 Å². The monoisotopic (exact) mass is 309 g/mol. The van der Waals surface area contributed by atoms with Crippen molar-refractivity contribution < 1.29 is 4.74 Å². The van der Waals surface area contributed by atoms with Crippen molar-refractivity contribution >= 4 is 33.4 Å². The maximum atomic E-state index is 5.86. The Labute approximate surface area is 113 Å². The van der Waals surface area contributed by atoms with Crippen LogP contribution in [0.1, 0.15) is 0 Å². The third kappa shape index (κ3) is 3.17. The largest absolute Gasteiger partial charge is 0.495 e. The Kier molecular flexibility index (Phi) is 3.97. The molecule has 0 spiro atoms. The number of anilines is 1. The number of halogens is 1. The van der Waals surface area contributed by atoms with Crippen molar-refractivity contribution in [3.05, 3.63) is 46.9 Å². The van der Waals surface area contributed by atoms with E-state index in [1.54, 1.807) is 18.9 Å². The Morgan fingerprint density at radius 2 is 1.71 bits per heavy atom. The van der Waals surface area contributed by atoms with Crippen LogP contribution in [0.15, 0.2) is 56.7 Å². The SMILES string of the molecule is COc1ccc(Sc2ccc(Br)cc2)cc1N. The molecule has 0 heterocycles. The molecule has 0 aromatic heterocycles. The molecule has 0 amide bonds. The van der Waals surface area contributed by atoms with E-state index in [1.807, 2.05) is 30.3 Å². The van der Waals surface area contributed by atoms with E-state index in [0.717, 1.165) is 9.37 Å². The van der Waals surface area contributed by atoms with Gasteiger partial charge in [0, 0.05) is 14.3 Å². The van der Waals surface area contributed by atoms with Crippen molar-refractivity contribution in [2.24, 2.45) is 0 Å². The van der Waals surface area contributed by atoms with E-state index in [0.29, 0.717) is 11.4 Å². The van der Waals surface area contributed by atoms with E-state index in [1.165, 1.54) is 4.90 Å². The van der Waals surface area contributed by atoms with Crippen molar-refractivity contribution in [1.29, 1.82) is 0 Å². The van der Waals surface area contributed by atoms with Gasteiger partial charge >= 0.3 is 0 Å². The molecule has 88 valence electrons. The summed E-state index contributed by atoms with van der Waals surface area (Å²) in [6.07, 6.45) is 0. The molecule has 0 saturated carbocycles. The van der Waals surface area contributed by atoms with Gasteiger partial charge in [0.2, 0.25) is 0 Å². The van der Waals surface area contributed by atoms with Crippen LogP contribution in [0.2, 0.25) is 0 Å². The third-order valence-corrected chi connectivity index (χ3v) is 3.78. The molecule has 0 unspecified atom stereocenters. The molecule has 0 atom stereocenters. The van der Waals surface area contributed by atoms with E-state index >= 15 is 0 Å². The van der Waals surface area contributed by atoms with E-state index < -0.39 is 0 Å². The molecule has 17 heavy (non-hydrogen) atoms. The van der Waals surface area contributed by atoms with Crippen molar-refractivity contribution in [3.8, 4) is 5.75 Å². The molecular formula is C13H12BrNOS. The summed E-state index contributed by atoms with van der Waals surface area (Å²) in [5, 5.41) is 0. The molecule has 0 aliphatic heterocycles. The molecule has 0 aliphatic rings. The molecule has 0 saturated heterocycles. The molecule has 0 aliphatic carbocycles. The van der Waals surface area contributed by atoms with Crippen LogP contribution in [0.3, 0.4) is 0 Å². The van der Waals surface area contributed by atoms with Crippen molar-refractivity contribution in [2.45, 2.75) is 9.79 Å². The molecule has 2 N–H and O–H groups in total. The van der Waals surface area contributed by atoms with Gasteiger partial charge in [0.1, 0.15) is 5.75 Å². The lowest BCUT2D eigenvalue weighted by Gasteiger charge is -2.07. The summed E-state index contributed by atoms with van der Waals surface area (Å²) in [6, 6.07) is 14.0. The fraction of sp³-hybridized carbons (Fsp3) is 0.0769. The molecule has 2 nitrogen and oxygen atoms in total. The number of hydrogen-bond donors (Lipinski definition) is 1. The summed E-state index contributed by atoms with van der Waals surface area (Å²) in [7, 11) is 1.62. The van der Waals surface area contributed by atoms with Gasteiger partial charge in [-0.25, -0.2) is 0 Å². The van der Waals surface area contributed by atoms with Crippen molar-refractivity contribution in [3.63, 3.8) is 0 Å². The van der Waals surface area contributed by atoms with Gasteiger partial charge in [0.15, 0.2) is 0 Å². The lowest BCUT2D eigenvalue weighted by Crippen LogP contribution is -1.91. The van der Waals surface area contributed by atoms with Gasteiger partial charge in [0.25, 0.3) is 0 Å². The van der Waals surface area contributed by atoms with Crippen molar-refractivity contribution in [1.82, 2.24) is 0 Å². The third-order valence-electron chi connectivity index (χ3n) is 2.25. The number of rotatable bonds is 3. The van der Waals surface area contributed by atoms with Crippen LogP contribution in [-0.2, 0) is 0 Å². The first-order valence-electron chi connectivity index (χ1n) is 5.06. The zero-order chi connectivity index (χ0) is 12.3. The average Bonchev–Trinajstić information content (AvgIpc) is 2.32. The normalized spacial score (nSPS) is 10.2. The maximum absolute atomic E-state index is 5.86. The lowest BCUT2D eigenvalue weighted by atomic mass is 10.3.